The molecule has 0 saturated carbocycles. The first-order valence-electron chi connectivity index (χ1n) is 7.51. The van der Waals surface area contributed by atoms with E-state index < -0.39 is 0 Å². The lowest BCUT2D eigenvalue weighted by molar-refractivity contribution is 0.101. The highest BCUT2D eigenvalue weighted by Gasteiger charge is 2.11. The molecular weight excluding hydrogens is 320 g/mol. The Morgan fingerprint density at radius 3 is 2.79 bits per heavy atom. The molecule has 0 radical (unpaired) electrons. The summed E-state index contributed by atoms with van der Waals surface area (Å²) in [6, 6.07) is 11.5. The topological polar surface area (TPSA) is 60.7 Å². The van der Waals surface area contributed by atoms with E-state index in [9.17, 15) is 4.79 Å². The number of Topliss-reactive ketones (excluding diaryl/α,β-unsaturated/α-hetero) is 1. The summed E-state index contributed by atoms with van der Waals surface area (Å²) in [5.74, 6) is -0.0405. The molecule has 0 bridgehead atoms. The molecule has 0 atom stereocenters. The number of carbonyl (C=O) groups excluding carboxylic acids is 1. The molecule has 0 spiro atoms. The minimum Gasteiger partial charge on any atom is -0.293 e. The monoisotopic (exact) mass is 334 g/mol. The SMILES string of the molecule is CC(=O)c1cccc(-c2ccc3cnn(-c4ncc(C)s4)c3c2)n1. The lowest BCUT2D eigenvalue weighted by Crippen LogP contribution is -1.98. The minimum absolute atomic E-state index is 0.0405. The molecule has 118 valence electrons. The molecule has 0 amide bonds. The average Bonchev–Trinajstić information content (AvgIpc) is 3.20. The standard InChI is InChI=1S/C18H14N4OS/c1-11-9-19-18(24-11)22-17-8-13(6-7-14(17)10-20-22)16-5-3-4-15(21-16)12(2)23/h3-10H,1-2H3. The van der Waals surface area contributed by atoms with E-state index >= 15 is 0 Å². The zero-order chi connectivity index (χ0) is 16.7. The number of aromatic nitrogens is 4. The number of thiazole rings is 1. The van der Waals surface area contributed by atoms with Gasteiger partial charge in [-0.3, -0.25) is 4.79 Å². The van der Waals surface area contributed by atoms with E-state index in [0.29, 0.717) is 5.69 Å². The lowest BCUT2D eigenvalue weighted by Gasteiger charge is -2.04. The largest absolute Gasteiger partial charge is 0.293 e. The van der Waals surface area contributed by atoms with Crippen LogP contribution in [0.25, 0.3) is 27.3 Å². The van der Waals surface area contributed by atoms with Gasteiger partial charge >= 0.3 is 0 Å². The van der Waals surface area contributed by atoms with E-state index in [1.54, 1.807) is 17.4 Å². The van der Waals surface area contributed by atoms with Gasteiger partial charge in [-0.15, -0.1) is 11.3 Å². The van der Waals surface area contributed by atoms with Gasteiger partial charge in [0.15, 0.2) is 5.78 Å². The van der Waals surface area contributed by atoms with E-state index in [0.717, 1.165) is 32.2 Å². The zero-order valence-corrected chi connectivity index (χ0v) is 14.0. The Morgan fingerprint density at radius 1 is 1.17 bits per heavy atom. The Morgan fingerprint density at radius 2 is 2.04 bits per heavy atom. The zero-order valence-electron chi connectivity index (χ0n) is 13.2. The average molecular weight is 334 g/mol. The van der Waals surface area contributed by atoms with Gasteiger partial charge in [0.2, 0.25) is 5.13 Å². The summed E-state index contributed by atoms with van der Waals surface area (Å²) in [4.78, 5) is 21.6. The third-order valence-corrected chi connectivity index (χ3v) is 4.66. The third kappa shape index (κ3) is 2.51. The number of ketones is 1. The van der Waals surface area contributed by atoms with Crippen LogP contribution >= 0.6 is 11.3 Å². The second-order valence-electron chi connectivity index (χ2n) is 5.55. The van der Waals surface area contributed by atoms with Crippen LogP contribution in [-0.2, 0) is 0 Å². The van der Waals surface area contributed by atoms with Crippen molar-refractivity contribution < 1.29 is 4.79 Å². The van der Waals surface area contributed by atoms with Crippen LogP contribution in [0.2, 0.25) is 0 Å². The van der Waals surface area contributed by atoms with Crippen LogP contribution in [-0.4, -0.2) is 25.5 Å². The number of fused-ring (bicyclic) bond motifs is 1. The molecule has 0 saturated heterocycles. The Kier molecular flexibility index (Phi) is 3.46. The first-order valence-corrected chi connectivity index (χ1v) is 8.32. The molecule has 0 fully saturated rings. The van der Waals surface area contributed by atoms with Crippen LogP contribution in [0, 0.1) is 6.92 Å². The number of aryl methyl sites for hydroxylation is 1. The highest BCUT2D eigenvalue weighted by Crippen LogP contribution is 2.26. The fourth-order valence-corrected chi connectivity index (χ4v) is 3.29. The molecule has 0 N–H and O–H groups in total. The lowest BCUT2D eigenvalue weighted by atomic mass is 10.1. The van der Waals surface area contributed by atoms with Crippen LogP contribution in [0.1, 0.15) is 22.3 Å². The number of nitrogens with zero attached hydrogens (tertiary/aromatic N) is 4. The molecule has 1 aromatic carbocycles. The van der Waals surface area contributed by atoms with E-state index in [1.807, 2.05) is 54.3 Å². The second-order valence-corrected chi connectivity index (χ2v) is 6.76. The maximum atomic E-state index is 11.6. The summed E-state index contributed by atoms with van der Waals surface area (Å²) in [5.41, 5.74) is 3.15. The summed E-state index contributed by atoms with van der Waals surface area (Å²) in [5, 5.41) is 6.32. The van der Waals surface area contributed by atoms with Gasteiger partial charge in [-0.1, -0.05) is 18.2 Å². The van der Waals surface area contributed by atoms with Crippen LogP contribution in [0.3, 0.4) is 0 Å². The number of carbonyl (C=O) groups is 1. The molecule has 5 nitrogen and oxygen atoms in total. The van der Waals surface area contributed by atoms with Crippen molar-refractivity contribution in [2.45, 2.75) is 13.8 Å². The van der Waals surface area contributed by atoms with E-state index in [1.165, 1.54) is 6.92 Å². The van der Waals surface area contributed by atoms with Crippen molar-refractivity contribution in [1.82, 2.24) is 19.7 Å². The van der Waals surface area contributed by atoms with Crippen molar-refractivity contribution in [2.75, 3.05) is 0 Å². The number of rotatable bonds is 3. The minimum atomic E-state index is -0.0405. The number of hydrogen-bond acceptors (Lipinski definition) is 5. The molecule has 3 heterocycles. The molecule has 4 rings (SSSR count). The van der Waals surface area contributed by atoms with Crippen LogP contribution in [0.5, 0.6) is 0 Å². The van der Waals surface area contributed by atoms with Crippen molar-refractivity contribution >= 4 is 28.0 Å². The van der Waals surface area contributed by atoms with Crippen molar-refractivity contribution in [2.24, 2.45) is 0 Å². The fourth-order valence-electron chi connectivity index (χ4n) is 2.56. The molecule has 0 unspecified atom stereocenters. The second kappa shape index (κ2) is 5.65. The number of benzene rings is 1. The maximum absolute atomic E-state index is 11.6. The van der Waals surface area contributed by atoms with E-state index in [4.69, 9.17) is 0 Å². The van der Waals surface area contributed by atoms with Gasteiger partial charge in [-0.25, -0.2) is 14.6 Å². The van der Waals surface area contributed by atoms with E-state index in [2.05, 4.69) is 15.1 Å². The Labute approximate surface area is 142 Å². The van der Waals surface area contributed by atoms with Crippen molar-refractivity contribution in [3.63, 3.8) is 0 Å². The summed E-state index contributed by atoms with van der Waals surface area (Å²) >= 11 is 1.60. The predicted molar refractivity (Wildman–Crippen MR) is 94.7 cm³/mol. The smallest absolute Gasteiger partial charge is 0.211 e. The van der Waals surface area contributed by atoms with Gasteiger partial charge < -0.3 is 0 Å². The van der Waals surface area contributed by atoms with Gasteiger partial charge in [0.25, 0.3) is 0 Å². The normalized spacial score (nSPS) is 11.1. The van der Waals surface area contributed by atoms with Crippen molar-refractivity contribution in [1.29, 1.82) is 0 Å². The summed E-state index contributed by atoms with van der Waals surface area (Å²) in [6.45, 7) is 3.55. The maximum Gasteiger partial charge on any atom is 0.211 e. The van der Waals surface area contributed by atoms with Gasteiger partial charge in [0, 0.05) is 28.9 Å². The van der Waals surface area contributed by atoms with Gasteiger partial charge in [0.1, 0.15) is 5.69 Å². The van der Waals surface area contributed by atoms with Gasteiger partial charge in [-0.2, -0.15) is 5.10 Å². The number of hydrogen-bond donors (Lipinski definition) is 0. The molecule has 24 heavy (non-hydrogen) atoms. The Bertz CT molecular complexity index is 1060. The fraction of sp³-hybridized carbons (Fsp3) is 0.111. The molecule has 0 aliphatic heterocycles. The van der Waals surface area contributed by atoms with Crippen LogP contribution < -0.4 is 0 Å². The number of pyridine rings is 1. The Balaban J connectivity index is 1.86. The summed E-state index contributed by atoms with van der Waals surface area (Å²) in [6.07, 6.45) is 3.67. The quantitative estimate of drug-likeness (QED) is 0.530. The summed E-state index contributed by atoms with van der Waals surface area (Å²) in [7, 11) is 0. The Hall–Kier alpha value is -2.86. The first kappa shape index (κ1) is 14.7. The molecule has 0 aliphatic carbocycles. The van der Waals surface area contributed by atoms with Gasteiger partial charge in [0.05, 0.1) is 17.4 Å². The van der Waals surface area contributed by atoms with Crippen molar-refractivity contribution in [3.05, 3.63) is 59.4 Å². The highest BCUT2D eigenvalue weighted by atomic mass is 32.1. The molecule has 0 aliphatic rings. The third-order valence-electron chi connectivity index (χ3n) is 3.77. The molecule has 3 aromatic heterocycles. The molecule has 6 heteroatoms. The summed E-state index contributed by atoms with van der Waals surface area (Å²) < 4.78 is 1.84. The van der Waals surface area contributed by atoms with Gasteiger partial charge in [-0.05, 0) is 25.1 Å². The van der Waals surface area contributed by atoms with Crippen molar-refractivity contribution in [3.8, 4) is 16.4 Å². The van der Waals surface area contributed by atoms with Crippen LogP contribution in [0.15, 0.2) is 48.8 Å². The first-order chi connectivity index (χ1) is 11.6. The molecular formula is C18H14N4OS. The van der Waals surface area contributed by atoms with E-state index in [-0.39, 0.29) is 5.78 Å². The predicted octanol–water partition coefficient (Wildman–Crippen LogP) is 4.06. The molecule has 4 aromatic rings. The highest BCUT2D eigenvalue weighted by molar-refractivity contribution is 7.14. The van der Waals surface area contributed by atoms with Crippen LogP contribution in [0.4, 0.5) is 0 Å².